The van der Waals surface area contributed by atoms with Gasteiger partial charge in [-0.1, -0.05) is 0 Å². The molecule has 138 valence electrons. The molecule has 27 heavy (non-hydrogen) atoms. The number of hydrogen-bond acceptors (Lipinski definition) is 9. The van der Waals surface area contributed by atoms with E-state index in [1.165, 1.54) is 7.85 Å². The van der Waals surface area contributed by atoms with Crippen molar-refractivity contribution in [2.24, 2.45) is 0 Å². The van der Waals surface area contributed by atoms with E-state index in [9.17, 15) is 46.0 Å². The van der Waals surface area contributed by atoms with Gasteiger partial charge in [0.1, 0.15) is 19.3 Å². The molecule has 0 radical (unpaired) electrons. The van der Waals surface area contributed by atoms with Crippen molar-refractivity contribution in [1.29, 1.82) is 0 Å². The lowest BCUT2D eigenvalue weighted by atomic mass is 9.91. The summed E-state index contributed by atoms with van der Waals surface area (Å²) in [5, 5.41) is 89.5. The molecule has 0 aliphatic heterocycles. The average Bonchev–Trinajstić information content (AvgIpc) is 3.05. The first-order valence-corrected chi connectivity index (χ1v) is 7.51. The van der Waals surface area contributed by atoms with Gasteiger partial charge in [-0.05, 0) is 5.46 Å². The minimum atomic E-state index is -1.14. The van der Waals surface area contributed by atoms with Gasteiger partial charge in [-0.3, -0.25) is 0 Å². The number of rotatable bonds is 0. The lowest BCUT2D eigenvalue weighted by molar-refractivity contribution is 0.349. The first kappa shape index (κ1) is 16.5. The predicted octanol–water partition coefficient (Wildman–Crippen LogP) is 0.0831. The zero-order valence-electron chi connectivity index (χ0n) is 13.5. The van der Waals surface area contributed by atoms with Crippen LogP contribution in [0.25, 0.3) is 32.6 Å². The molecule has 0 saturated carbocycles. The molecule has 4 aromatic rings. The molecule has 10 nitrogen and oxygen atoms in total. The molecule has 0 aliphatic rings. The molecule has 0 atom stereocenters. The van der Waals surface area contributed by atoms with Crippen molar-refractivity contribution in [2.75, 3.05) is 0 Å². The SMILES string of the molecule is Bc1c(O)c(O)c2c([nH]c3c(O)c4c(O)c(O)c(O)c(O)c4c(O)c32)c1O. The Morgan fingerprint density at radius 3 is 1.37 bits per heavy atom. The molecular formula is C16H12BNO9. The number of aromatic nitrogens is 1. The number of aromatic amines is 1. The molecular weight excluding hydrogens is 361 g/mol. The third-order valence-corrected chi connectivity index (χ3v) is 4.75. The predicted molar refractivity (Wildman–Crippen MR) is 96.5 cm³/mol. The van der Waals surface area contributed by atoms with Crippen molar-refractivity contribution in [3.8, 4) is 51.7 Å². The fourth-order valence-electron chi connectivity index (χ4n) is 3.33. The fourth-order valence-corrected chi connectivity index (χ4v) is 3.33. The van der Waals surface area contributed by atoms with Crippen LogP contribution in [0.4, 0.5) is 0 Å². The molecule has 0 unspecified atom stereocenters. The molecule has 11 heteroatoms. The van der Waals surface area contributed by atoms with Gasteiger partial charge in [0.2, 0.25) is 11.5 Å². The number of hydrogen-bond donors (Lipinski definition) is 10. The van der Waals surface area contributed by atoms with E-state index in [-0.39, 0.29) is 27.3 Å². The monoisotopic (exact) mass is 373 g/mol. The van der Waals surface area contributed by atoms with E-state index in [2.05, 4.69) is 4.98 Å². The highest BCUT2D eigenvalue weighted by Crippen LogP contribution is 2.58. The molecule has 10 N–H and O–H groups in total. The van der Waals surface area contributed by atoms with Crippen LogP contribution in [0.15, 0.2) is 0 Å². The minimum absolute atomic E-state index is 0.0731. The zero-order valence-corrected chi connectivity index (χ0v) is 13.5. The Balaban J connectivity index is 2.44. The Bertz CT molecular complexity index is 1330. The van der Waals surface area contributed by atoms with E-state index in [0.29, 0.717) is 0 Å². The van der Waals surface area contributed by atoms with Crippen molar-refractivity contribution in [2.45, 2.75) is 0 Å². The second-order valence-corrected chi connectivity index (χ2v) is 6.14. The van der Waals surface area contributed by atoms with E-state index in [0.717, 1.165) is 0 Å². The Morgan fingerprint density at radius 2 is 0.815 bits per heavy atom. The summed E-state index contributed by atoms with van der Waals surface area (Å²) in [6.45, 7) is 0. The van der Waals surface area contributed by atoms with E-state index >= 15 is 0 Å². The lowest BCUT2D eigenvalue weighted by Crippen LogP contribution is -2.04. The highest BCUT2D eigenvalue weighted by atomic mass is 16.3. The Hall–Kier alpha value is -4.02. The van der Waals surface area contributed by atoms with Gasteiger partial charge in [-0.2, -0.15) is 0 Å². The second kappa shape index (κ2) is 4.78. The van der Waals surface area contributed by atoms with E-state index in [1.54, 1.807) is 0 Å². The van der Waals surface area contributed by atoms with Gasteiger partial charge in [0.25, 0.3) is 0 Å². The van der Waals surface area contributed by atoms with Crippen molar-refractivity contribution in [3.05, 3.63) is 0 Å². The third-order valence-electron chi connectivity index (χ3n) is 4.75. The molecule has 0 spiro atoms. The molecule has 3 aromatic carbocycles. The third kappa shape index (κ3) is 1.69. The first-order chi connectivity index (χ1) is 12.6. The Labute approximate surface area is 149 Å². The highest BCUT2D eigenvalue weighted by Gasteiger charge is 2.30. The molecule has 4 rings (SSSR count). The first-order valence-electron chi connectivity index (χ1n) is 7.51. The van der Waals surface area contributed by atoms with Gasteiger partial charge in [-0.25, -0.2) is 0 Å². The molecule has 0 aliphatic carbocycles. The van der Waals surface area contributed by atoms with Gasteiger partial charge in [-0.15, -0.1) is 0 Å². The summed E-state index contributed by atoms with van der Waals surface area (Å²) in [6, 6.07) is 0. The molecule has 1 aromatic heterocycles. The van der Waals surface area contributed by atoms with Crippen LogP contribution in [0.5, 0.6) is 51.7 Å². The standard InChI is InChI=1S/C16H12BNO9/c17-5-13(24)7-2(10(21)14(5)25)1-6(18-7)9(20)4-3(8(1)19)11(22)15(26)16(27)12(4)23/h18-27H,17H2. The van der Waals surface area contributed by atoms with Gasteiger partial charge >= 0.3 is 0 Å². The number of H-pyrrole nitrogens is 1. The molecule has 1 heterocycles. The van der Waals surface area contributed by atoms with Gasteiger partial charge < -0.3 is 50.9 Å². The van der Waals surface area contributed by atoms with Gasteiger partial charge in [0.05, 0.1) is 32.6 Å². The van der Waals surface area contributed by atoms with Crippen LogP contribution in [0.2, 0.25) is 0 Å². The van der Waals surface area contributed by atoms with Crippen molar-refractivity contribution >= 4 is 45.9 Å². The van der Waals surface area contributed by atoms with E-state index < -0.39 is 62.5 Å². The molecule has 0 saturated heterocycles. The number of benzene rings is 3. The topological polar surface area (TPSA) is 198 Å². The summed E-state index contributed by atoms with van der Waals surface area (Å²) in [6.07, 6.45) is 0. The summed E-state index contributed by atoms with van der Waals surface area (Å²) in [7, 11) is 1.32. The number of phenols is 9. The van der Waals surface area contributed by atoms with Crippen LogP contribution in [0, 0.1) is 0 Å². The molecule has 0 bridgehead atoms. The normalized spacial score (nSPS) is 11.7. The summed E-state index contributed by atoms with van der Waals surface area (Å²) in [5.41, 5.74) is -0.493. The average molecular weight is 373 g/mol. The fraction of sp³-hybridized carbons (Fsp3) is 0. The minimum Gasteiger partial charge on any atom is -0.506 e. The van der Waals surface area contributed by atoms with Crippen LogP contribution >= 0.6 is 0 Å². The summed E-state index contributed by atoms with van der Waals surface area (Å²) >= 11 is 0. The van der Waals surface area contributed by atoms with Gasteiger partial charge in [0, 0.05) is 0 Å². The number of fused-ring (bicyclic) bond motifs is 4. The van der Waals surface area contributed by atoms with Crippen LogP contribution < -0.4 is 5.46 Å². The molecule has 0 amide bonds. The van der Waals surface area contributed by atoms with Crippen LogP contribution in [0.3, 0.4) is 0 Å². The van der Waals surface area contributed by atoms with Crippen molar-refractivity contribution < 1.29 is 46.0 Å². The maximum absolute atomic E-state index is 10.6. The smallest absolute Gasteiger partial charge is 0.205 e. The Morgan fingerprint density at radius 1 is 0.407 bits per heavy atom. The lowest BCUT2D eigenvalue weighted by Gasteiger charge is -2.13. The summed E-state index contributed by atoms with van der Waals surface area (Å²) < 4.78 is 0. The van der Waals surface area contributed by atoms with E-state index in [4.69, 9.17) is 0 Å². The van der Waals surface area contributed by atoms with Crippen molar-refractivity contribution in [1.82, 2.24) is 4.98 Å². The quantitative estimate of drug-likeness (QED) is 0.115. The summed E-state index contributed by atoms with van der Waals surface area (Å²) in [4.78, 5) is 2.57. The number of phenolic OH excluding ortho intramolecular Hbond substituents is 9. The van der Waals surface area contributed by atoms with Crippen LogP contribution in [0.1, 0.15) is 0 Å². The number of aromatic hydroxyl groups is 9. The van der Waals surface area contributed by atoms with Gasteiger partial charge in [0.15, 0.2) is 28.7 Å². The highest BCUT2D eigenvalue weighted by molar-refractivity contribution is 6.39. The van der Waals surface area contributed by atoms with Crippen LogP contribution in [-0.2, 0) is 0 Å². The number of nitrogens with one attached hydrogen (secondary N) is 1. The second-order valence-electron chi connectivity index (χ2n) is 6.14. The van der Waals surface area contributed by atoms with Crippen molar-refractivity contribution in [3.63, 3.8) is 0 Å². The maximum atomic E-state index is 10.6. The maximum Gasteiger partial charge on any atom is 0.205 e. The summed E-state index contributed by atoms with van der Waals surface area (Å²) in [5.74, 6) is -7.72. The van der Waals surface area contributed by atoms with E-state index in [1.807, 2.05) is 0 Å². The Kier molecular flexibility index (Phi) is 2.92. The zero-order chi connectivity index (χ0) is 19.9. The largest absolute Gasteiger partial charge is 0.506 e. The van der Waals surface area contributed by atoms with Crippen LogP contribution in [-0.4, -0.2) is 58.8 Å². The molecule has 0 fully saturated rings.